The Bertz CT molecular complexity index is 1800. The summed E-state index contributed by atoms with van der Waals surface area (Å²) >= 11 is 0. The lowest BCUT2D eigenvalue weighted by Gasteiger charge is -2.21. The van der Waals surface area contributed by atoms with E-state index in [0.29, 0.717) is 25.7 Å². The van der Waals surface area contributed by atoms with Crippen LogP contribution in [0.25, 0.3) is 0 Å². The molecular formula is C74H144O17P2. The zero-order valence-electron chi connectivity index (χ0n) is 60.6. The average molecular weight is 1370 g/mol. The molecule has 0 heterocycles. The second-order valence-corrected chi connectivity index (χ2v) is 30.5. The van der Waals surface area contributed by atoms with Crippen LogP contribution in [-0.4, -0.2) is 96.7 Å². The van der Waals surface area contributed by atoms with Crippen molar-refractivity contribution < 1.29 is 80.2 Å². The fourth-order valence-corrected chi connectivity index (χ4v) is 12.9. The SMILES string of the molecule is CCCCCCCCCCCCCCCCCCCC(=O)O[C@H](COC(=O)CCCCCCCCCCCCCC(C)C)COP(=O)(O)OC[C@@H](O)COP(=O)(O)OC[C@@H](COC(=O)CCCCCCCCCCC)OC(=O)CCCCCCCCCCCCC(C)C. The number of ether oxygens (including phenoxy) is 4. The van der Waals surface area contributed by atoms with E-state index >= 15 is 0 Å². The molecule has 3 N–H and O–H groups in total. The van der Waals surface area contributed by atoms with Gasteiger partial charge in [-0.15, -0.1) is 0 Å². The van der Waals surface area contributed by atoms with Crippen molar-refractivity contribution in [2.24, 2.45) is 11.8 Å². The molecule has 0 aliphatic heterocycles. The minimum Gasteiger partial charge on any atom is -0.462 e. The minimum atomic E-state index is -4.96. The van der Waals surface area contributed by atoms with Crippen LogP contribution in [0, 0.1) is 11.8 Å². The van der Waals surface area contributed by atoms with Gasteiger partial charge in [0.1, 0.15) is 19.3 Å². The molecule has 0 saturated carbocycles. The number of phosphoric acid groups is 2. The first-order chi connectivity index (χ1) is 44.9. The molecule has 93 heavy (non-hydrogen) atoms. The predicted molar refractivity (Wildman–Crippen MR) is 377 cm³/mol. The molecule has 0 spiro atoms. The van der Waals surface area contributed by atoms with Gasteiger partial charge in [0.15, 0.2) is 12.2 Å². The molecule has 552 valence electrons. The topological polar surface area (TPSA) is 237 Å². The highest BCUT2D eigenvalue weighted by Gasteiger charge is 2.30. The van der Waals surface area contributed by atoms with E-state index in [-0.39, 0.29) is 25.7 Å². The molecule has 0 aromatic carbocycles. The zero-order valence-corrected chi connectivity index (χ0v) is 62.3. The number of carbonyl (C=O) groups is 4. The van der Waals surface area contributed by atoms with Crippen molar-refractivity contribution in [3.8, 4) is 0 Å². The summed E-state index contributed by atoms with van der Waals surface area (Å²) in [6.07, 6.45) is 52.7. The van der Waals surface area contributed by atoms with Gasteiger partial charge in [-0.3, -0.25) is 37.3 Å². The van der Waals surface area contributed by atoms with E-state index in [2.05, 4.69) is 41.5 Å². The molecule has 0 amide bonds. The molecule has 0 aliphatic rings. The monoisotopic (exact) mass is 1370 g/mol. The number of phosphoric ester groups is 2. The summed E-state index contributed by atoms with van der Waals surface area (Å²) in [6, 6.07) is 0. The van der Waals surface area contributed by atoms with Crippen molar-refractivity contribution in [3.63, 3.8) is 0 Å². The van der Waals surface area contributed by atoms with E-state index in [1.54, 1.807) is 0 Å². The lowest BCUT2D eigenvalue weighted by atomic mass is 10.0. The molecule has 0 saturated heterocycles. The summed E-state index contributed by atoms with van der Waals surface area (Å²) in [5.41, 5.74) is 0. The van der Waals surface area contributed by atoms with Crippen LogP contribution in [0.15, 0.2) is 0 Å². The van der Waals surface area contributed by atoms with Gasteiger partial charge in [-0.25, -0.2) is 9.13 Å². The van der Waals surface area contributed by atoms with Crippen LogP contribution in [0.3, 0.4) is 0 Å². The zero-order chi connectivity index (χ0) is 68.6. The van der Waals surface area contributed by atoms with Gasteiger partial charge >= 0.3 is 39.5 Å². The number of carbonyl (C=O) groups excluding carboxylic acids is 4. The van der Waals surface area contributed by atoms with E-state index < -0.39 is 97.5 Å². The summed E-state index contributed by atoms with van der Waals surface area (Å²) < 4.78 is 68.4. The fourth-order valence-electron chi connectivity index (χ4n) is 11.3. The first-order valence-electron chi connectivity index (χ1n) is 38.5. The number of rotatable bonds is 73. The van der Waals surface area contributed by atoms with Crippen molar-refractivity contribution >= 4 is 39.5 Å². The van der Waals surface area contributed by atoms with Crippen LogP contribution in [0.5, 0.6) is 0 Å². The Morgan fingerprint density at radius 2 is 0.495 bits per heavy atom. The van der Waals surface area contributed by atoms with E-state index in [4.69, 9.17) is 37.0 Å². The molecule has 19 heteroatoms. The van der Waals surface area contributed by atoms with Crippen LogP contribution in [-0.2, 0) is 65.4 Å². The van der Waals surface area contributed by atoms with Gasteiger partial charge in [-0.1, -0.05) is 330 Å². The van der Waals surface area contributed by atoms with E-state index in [0.717, 1.165) is 102 Å². The van der Waals surface area contributed by atoms with E-state index in [1.165, 1.54) is 199 Å². The van der Waals surface area contributed by atoms with Crippen molar-refractivity contribution in [2.45, 2.75) is 400 Å². The molecule has 0 radical (unpaired) electrons. The first kappa shape index (κ1) is 91.1. The largest absolute Gasteiger partial charge is 0.472 e. The maximum Gasteiger partial charge on any atom is 0.472 e. The minimum absolute atomic E-state index is 0.106. The smallest absolute Gasteiger partial charge is 0.462 e. The highest BCUT2D eigenvalue weighted by Crippen LogP contribution is 2.45. The third-order valence-electron chi connectivity index (χ3n) is 17.2. The van der Waals surface area contributed by atoms with Crippen molar-refractivity contribution in [1.82, 2.24) is 0 Å². The Kier molecular flexibility index (Phi) is 64.6. The third kappa shape index (κ3) is 68.4. The van der Waals surface area contributed by atoms with Gasteiger partial charge in [-0.05, 0) is 37.5 Å². The molecular weight excluding hydrogens is 1220 g/mol. The number of aliphatic hydroxyl groups excluding tert-OH is 1. The van der Waals surface area contributed by atoms with Crippen molar-refractivity contribution in [2.75, 3.05) is 39.6 Å². The summed E-state index contributed by atoms with van der Waals surface area (Å²) in [5.74, 6) is -0.595. The van der Waals surface area contributed by atoms with Crippen LogP contribution in [0.2, 0.25) is 0 Å². The molecule has 2 unspecified atom stereocenters. The number of aliphatic hydroxyl groups is 1. The highest BCUT2D eigenvalue weighted by atomic mass is 31.2. The highest BCUT2D eigenvalue weighted by molar-refractivity contribution is 7.47. The van der Waals surface area contributed by atoms with Crippen LogP contribution >= 0.6 is 15.6 Å². The van der Waals surface area contributed by atoms with Crippen LogP contribution in [0.1, 0.15) is 382 Å². The maximum absolute atomic E-state index is 13.1. The van der Waals surface area contributed by atoms with Crippen LogP contribution in [0.4, 0.5) is 0 Å². The summed E-state index contributed by atoms with van der Waals surface area (Å²) in [7, 11) is -9.91. The number of esters is 4. The van der Waals surface area contributed by atoms with Crippen molar-refractivity contribution in [3.05, 3.63) is 0 Å². The third-order valence-corrected chi connectivity index (χ3v) is 19.1. The van der Waals surface area contributed by atoms with Crippen molar-refractivity contribution in [1.29, 1.82) is 0 Å². The number of hydrogen-bond donors (Lipinski definition) is 3. The first-order valence-corrected chi connectivity index (χ1v) is 41.5. The summed E-state index contributed by atoms with van der Waals surface area (Å²) in [6.45, 7) is 9.56. The average Bonchev–Trinajstić information content (AvgIpc) is 2.48. The molecule has 5 atom stereocenters. The normalized spacial score (nSPS) is 14.1. The quantitative estimate of drug-likeness (QED) is 0.0222. The van der Waals surface area contributed by atoms with Gasteiger partial charge in [0.2, 0.25) is 0 Å². The molecule has 0 aliphatic carbocycles. The van der Waals surface area contributed by atoms with Gasteiger partial charge in [0.05, 0.1) is 26.4 Å². The Morgan fingerprint density at radius 1 is 0.290 bits per heavy atom. The standard InChI is InChI=1S/C74H144O17P2/c1-7-9-11-13-15-17-18-19-20-21-22-23-26-34-40-46-52-58-73(78)90-70(63-85-72(77)57-51-45-39-33-27-24-25-31-36-42-48-54-66(3)4)65-89-93(82,83)87-61-68(75)60-86-92(80,81)88-64-69(62-84-71(76)56-50-44-38-30-16-14-12-10-8-2)91-74(79)59-53-47-41-35-29-28-32-37-43-49-55-67(5)6/h66-70,75H,7-65H2,1-6H3,(H,80,81)(H,82,83)/t68-,69+,70+/m0/s1. The van der Waals surface area contributed by atoms with Crippen LogP contribution < -0.4 is 0 Å². The summed E-state index contributed by atoms with van der Waals surface area (Å²) in [5, 5.41) is 10.6. The van der Waals surface area contributed by atoms with Gasteiger partial charge in [-0.2, -0.15) is 0 Å². The number of unbranched alkanes of at least 4 members (excludes halogenated alkanes) is 43. The molecule has 17 nitrogen and oxygen atoms in total. The maximum atomic E-state index is 13.1. The second-order valence-electron chi connectivity index (χ2n) is 27.6. The predicted octanol–water partition coefficient (Wildman–Crippen LogP) is 21.6. The molecule has 0 bridgehead atoms. The Labute approximate surface area is 568 Å². The Morgan fingerprint density at radius 3 is 0.731 bits per heavy atom. The van der Waals surface area contributed by atoms with E-state index in [1.807, 2.05) is 0 Å². The Hall–Kier alpha value is -1.94. The van der Waals surface area contributed by atoms with Gasteiger partial charge < -0.3 is 33.8 Å². The van der Waals surface area contributed by atoms with E-state index in [9.17, 15) is 43.2 Å². The van der Waals surface area contributed by atoms with Gasteiger partial charge in [0.25, 0.3) is 0 Å². The van der Waals surface area contributed by atoms with Gasteiger partial charge in [0, 0.05) is 25.7 Å². The second kappa shape index (κ2) is 66.0. The lowest BCUT2D eigenvalue weighted by Crippen LogP contribution is -2.30. The Balaban J connectivity index is 5.24. The summed E-state index contributed by atoms with van der Waals surface area (Å²) in [4.78, 5) is 72.7. The molecule has 0 aromatic heterocycles. The molecule has 0 rings (SSSR count). The molecule has 0 fully saturated rings. The molecule has 0 aromatic rings. The lowest BCUT2D eigenvalue weighted by molar-refractivity contribution is -0.161. The fraction of sp³-hybridized carbons (Fsp3) is 0.946. The number of hydrogen-bond acceptors (Lipinski definition) is 15.